The van der Waals surface area contributed by atoms with Crippen molar-refractivity contribution in [2.75, 3.05) is 24.7 Å². The van der Waals surface area contributed by atoms with E-state index < -0.39 is 0 Å². The Morgan fingerprint density at radius 3 is 2.77 bits per heavy atom. The van der Waals surface area contributed by atoms with Crippen LogP contribution in [0.15, 0.2) is 30.6 Å². The van der Waals surface area contributed by atoms with Gasteiger partial charge in [0.05, 0.1) is 37.5 Å². The number of imidazole rings is 1. The number of morpholine rings is 1. The topological polar surface area (TPSA) is 78.3 Å². The number of ether oxygens (including phenoxy) is 1. The lowest BCUT2D eigenvalue weighted by molar-refractivity contribution is 0.0984. The summed E-state index contributed by atoms with van der Waals surface area (Å²) >= 11 is 8.97. The first-order valence-corrected chi connectivity index (χ1v) is 13.9. The van der Waals surface area contributed by atoms with E-state index in [2.05, 4.69) is 55.1 Å². The number of hydrogen-bond acceptors (Lipinski definition) is 6. The zero-order chi connectivity index (χ0) is 20.8. The number of fused-ring (bicyclic) bond motifs is 1. The van der Waals surface area contributed by atoms with E-state index in [0.29, 0.717) is 30.6 Å². The van der Waals surface area contributed by atoms with Gasteiger partial charge < -0.3 is 9.64 Å². The van der Waals surface area contributed by atoms with Crippen molar-refractivity contribution in [2.24, 2.45) is 7.05 Å². The van der Waals surface area contributed by atoms with Gasteiger partial charge in [-0.15, -0.1) is 5.10 Å². The number of anilines is 1. The molecule has 0 aromatic carbocycles. The van der Waals surface area contributed by atoms with Crippen molar-refractivity contribution in [3.05, 3.63) is 35.7 Å². The predicted octanol–water partition coefficient (Wildman–Crippen LogP) is 3.66. The molecule has 1 aliphatic rings. The molecule has 1 fully saturated rings. The van der Waals surface area contributed by atoms with E-state index in [-0.39, 0.29) is 6.04 Å². The number of halogens is 2. The van der Waals surface area contributed by atoms with Gasteiger partial charge in [0.25, 0.3) is 0 Å². The van der Waals surface area contributed by atoms with Gasteiger partial charge in [-0.2, -0.15) is 10.2 Å². The quantitative estimate of drug-likeness (QED) is 0.282. The summed E-state index contributed by atoms with van der Waals surface area (Å²) in [5.74, 6) is 1.52. The average molecular weight is 557 g/mol. The second kappa shape index (κ2) is 8.07. The highest BCUT2D eigenvalue weighted by Crippen LogP contribution is 2.37. The first-order valence-electron chi connectivity index (χ1n) is 9.41. The highest BCUT2D eigenvalue weighted by Gasteiger charge is 2.26. The van der Waals surface area contributed by atoms with Crippen LogP contribution in [0, 0.1) is 0 Å². The summed E-state index contributed by atoms with van der Waals surface area (Å²) in [6.07, 6.45) is 3.99. The Labute approximate surface area is 192 Å². The van der Waals surface area contributed by atoms with Gasteiger partial charge in [0.2, 0.25) is 0 Å². The standard InChI is InChI=1S/C18H19ClIN8OP/c1-11-10-29-8-7-26(11)15-9-12(13-3-5-21-25(13)2)16-17(19)23-18(27(16)24-15)14-4-6-22-28(14)30-20/h3-6,9,11,30H,7-8,10H2,1-2H3/t11-/m1/s1. The smallest absolute Gasteiger partial charge is 0.181 e. The zero-order valence-electron chi connectivity index (χ0n) is 16.3. The Kier molecular flexibility index (Phi) is 5.42. The van der Waals surface area contributed by atoms with Gasteiger partial charge in [-0.05, 0) is 47.2 Å². The van der Waals surface area contributed by atoms with E-state index in [0.717, 1.165) is 34.8 Å². The van der Waals surface area contributed by atoms with E-state index in [1.165, 1.54) is 0 Å². The molecule has 5 rings (SSSR count). The van der Waals surface area contributed by atoms with Crippen molar-refractivity contribution in [1.82, 2.24) is 33.9 Å². The first-order chi connectivity index (χ1) is 14.6. The summed E-state index contributed by atoms with van der Waals surface area (Å²) in [4.78, 5) is 6.94. The first kappa shape index (κ1) is 20.2. The maximum Gasteiger partial charge on any atom is 0.181 e. The Morgan fingerprint density at radius 2 is 2.03 bits per heavy atom. The minimum Gasteiger partial charge on any atom is -0.377 e. The monoisotopic (exact) mass is 556 g/mol. The lowest BCUT2D eigenvalue weighted by atomic mass is 10.1. The zero-order valence-corrected chi connectivity index (χ0v) is 20.2. The molecule has 2 atom stereocenters. The lowest BCUT2D eigenvalue weighted by Crippen LogP contribution is -2.44. The van der Waals surface area contributed by atoms with Gasteiger partial charge in [0.1, 0.15) is 11.2 Å². The Bertz CT molecular complexity index is 1220. The van der Waals surface area contributed by atoms with Crippen LogP contribution in [0.1, 0.15) is 6.92 Å². The van der Waals surface area contributed by atoms with Crippen LogP contribution in [0.4, 0.5) is 5.82 Å². The molecule has 0 radical (unpaired) electrons. The van der Waals surface area contributed by atoms with Crippen molar-refractivity contribution in [2.45, 2.75) is 13.0 Å². The highest BCUT2D eigenvalue weighted by molar-refractivity contribution is 14.2. The second-order valence-electron chi connectivity index (χ2n) is 7.07. The lowest BCUT2D eigenvalue weighted by Gasteiger charge is -2.34. The second-order valence-corrected chi connectivity index (χ2v) is 9.47. The number of aryl methyl sites for hydroxylation is 1. The third-order valence-corrected chi connectivity index (χ3v) is 7.40. The predicted molar refractivity (Wildman–Crippen MR) is 127 cm³/mol. The van der Waals surface area contributed by atoms with Crippen LogP contribution in [-0.2, 0) is 11.8 Å². The Balaban J connectivity index is 1.80. The molecule has 156 valence electrons. The van der Waals surface area contributed by atoms with E-state index in [4.69, 9.17) is 21.4 Å². The van der Waals surface area contributed by atoms with Crippen LogP contribution in [0.2, 0.25) is 5.15 Å². The minimum absolute atomic E-state index is 0.215. The largest absolute Gasteiger partial charge is 0.377 e. The van der Waals surface area contributed by atoms with Crippen LogP contribution in [0.3, 0.4) is 0 Å². The summed E-state index contributed by atoms with van der Waals surface area (Å²) in [6, 6.07) is 6.20. The van der Waals surface area contributed by atoms with E-state index in [9.17, 15) is 0 Å². The van der Waals surface area contributed by atoms with Crippen LogP contribution in [-0.4, -0.2) is 59.7 Å². The minimum atomic E-state index is 0.215. The molecule has 0 bridgehead atoms. The van der Waals surface area contributed by atoms with Crippen LogP contribution in [0.25, 0.3) is 28.3 Å². The molecule has 5 heterocycles. The third kappa shape index (κ3) is 3.30. The molecule has 4 aromatic rings. The molecule has 12 heteroatoms. The molecule has 4 aromatic heterocycles. The van der Waals surface area contributed by atoms with Gasteiger partial charge in [-0.3, -0.25) is 4.68 Å². The molecule has 9 nitrogen and oxygen atoms in total. The molecule has 1 unspecified atom stereocenters. The molecular formula is C18H19ClIN8OP. The number of rotatable bonds is 4. The number of nitrogens with zero attached hydrogens (tertiary/aromatic N) is 8. The van der Waals surface area contributed by atoms with Crippen LogP contribution in [0.5, 0.6) is 0 Å². The highest BCUT2D eigenvalue weighted by atomic mass is 127. The van der Waals surface area contributed by atoms with E-state index in [1.54, 1.807) is 12.4 Å². The summed E-state index contributed by atoms with van der Waals surface area (Å²) in [7, 11) is 1.92. The molecule has 0 amide bonds. The summed E-state index contributed by atoms with van der Waals surface area (Å²) in [5, 5.41) is 14.1. The van der Waals surface area contributed by atoms with Crippen LogP contribution >= 0.6 is 40.0 Å². The average Bonchev–Trinajstić information content (AvgIpc) is 3.46. The number of hydrogen-bond donors (Lipinski definition) is 0. The molecule has 1 aliphatic heterocycles. The maximum atomic E-state index is 6.67. The molecule has 1 saturated heterocycles. The summed E-state index contributed by atoms with van der Waals surface area (Å²) in [5.41, 5.74) is 3.51. The molecule has 0 spiro atoms. The van der Waals surface area contributed by atoms with Crippen molar-refractivity contribution in [3.8, 4) is 22.8 Å². The van der Waals surface area contributed by atoms with Gasteiger partial charge >= 0.3 is 0 Å². The molecule has 0 aliphatic carbocycles. The molecular weight excluding hydrogens is 538 g/mol. The Hall–Kier alpha value is -1.75. The molecule has 0 saturated carbocycles. The SMILES string of the molecule is C[C@@H]1COCCN1c1cc(-c2ccnn2C)c2c(Cl)nc(-c3ccnn3PI)n2n1. The van der Waals surface area contributed by atoms with Gasteiger partial charge in [-0.1, -0.05) is 11.6 Å². The van der Waals surface area contributed by atoms with E-state index >= 15 is 0 Å². The fourth-order valence-electron chi connectivity index (χ4n) is 3.78. The maximum absolute atomic E-state index is 6.67. The van der Waals surface area contributed by atoms with Crippen molar-refractivity contribution >= 4 is 51.4 Å². The van der Waals surface area contributed by atoms with Crippen molar-refractivity contribution in [3.63, 3.8) is 0 Å². The van der Waals surface area contributed by atoms with E-state index in [1.807, 2.05) is 32.8 Å². The molecule has 30 heavy (non-hydrogen) atoms. The van der Waals surface area contributed by atoms with Crippen LogP contribution < -0.4 is 4.90 Å². The van der Waals surface area contributed by atoms with Gasteiger partial charge in [-0.25, -0.2) is 14.0 Å². The normalized spacial score (nSPS) is 17.6. The van der Waals surface area contributed by atoms with Gasteiger partial charge in [0, 0.05) is 25.4 Å². The summed E-state index contributed by atoms with van der Waals surface area (Å²) in [6.45, 7) is 4.25. The Morgan fingerprint density at radius 1 is 1.23 bits per heavy atom. The van der Waals surface area contributed by atoms with Gasteiger partial charge in [0.15, 0.2) is 16.8 Å². The molecule has 0 N–H and O–H groups in total. The fourth-order valence-corrected chi connectivity index (χ4v) is 5.58. The summed E-state index contributed by atoms with van der Waals surface area (Å²) < 4.78 is 11.2. The van der Waals surface area contributed by atoms with Crippen molar-refractivity contribution in [1.29, 1.82) is 0 Å². The number of aromatic nitrogens is 7. The fraction of sp³-hybridized carbons (Fsp3) is 0.333. The van der Waals surface area contributed by atoms with Crippen molar-refractivity contribution < 1.29 is 4.74 Å². The third-order valence-electron chi connectivity index (χ3n) is 5.25.